The Morgan fingerprint density at radius 1 is 1.21 bits per heavy atom. The summed E-state index contributed by atoms with van der Waals surface area (Å²) in [6, 6.07) is 7.83. The average molecular weight is 260 g/mol. The van der Waals surface area contributed by atoms with Gasteiger partial charge in [0.1, 0.15) is 5.60 Å². The summed E-state index contributed by atoms with van der Waals surface area (Å²) in [5.41, 5.74) is 0.777. The van der Waals surface area contributed by atoms with Crippen molar-refractivity contribution >= 4 is 0 Å². The Morgan fingerprint density at radius 2 is 1.89 bits per heavy atom. The van der Waals surface area contributed by atoms with Gasteiger partial charge in [-0.15, -0.1) is 0 Å². The molecule has 2 aliphatic rings. The van der Waals surface area contributed by atoms with Crippen LogP contribution in [0.5, 0.6) is 0 Å². The highest BCUT2D eigenvalue weighted by Gasteiger charge is 2.69. The first-order valence-electron chi connectivity index (χ1n) is 7.28. The molecule has 0 saturated heterocycles. The van der Waals surface area contributed by atoms with Gasteiger partial charge in [0.2, 0.25) is 0 Å². The second-order valence-corrected chi connectivity index (χ2v) is 7.25. The molecule has 3 rings (SSSR count). The van der Waals surface area contributed by atoms with Crippen LogP contribution in [0.2, 0.25) is 0 Å². The molecule has 1 aromatic rings. The van der Waals surface area contributed by atoms with Crippen molar-refractivity contribution in [1.82, 2.24) is 0 Å². The maximum Gasteiger partial charge on any atom is 0.101 e. The van der Waals surface area contributed by atoms with Crippen molar-refractivity contribution in [3.8, 4) is 0 Å². The molecular formula is C17H24O2. The molecule has 2 heteroatoms. The first-order chi connectivity index (χ1) is 8.87. The highest BCUT2D eigenvalue weighted by molar-refractivity contribution is 5.39. The minimum Gasteiger partial charge on any atom is -0.392 e. The van der Waals surface area contributed by atoms with E-state index in [2.05, 4.69) is 20.8 Å². The average Bonchev–Trinajstić information content (AvgIpc) is 2.86. The summed E-state index contributed by atoms with van der Waals surface area (Å²) < 4.78 is 0. The quantitative estimate of drug-likeness (QED) is 0.857. The van der Waals surface area contributed by atoms with E-state index in [9.17, 15) is 10.2 Å². The molecule has 0 unspecified atom stereocenters. The van der Waals surface area contributed by atoms with Gasteiger partial charge in [0.15, 0.2) is 0 Å². The predicted molar refractivity (Wildman–Crippen MR) is 75.5 cm³/mol. The molecule has 2 bridgehead atoms. The smallest absolute Gasteiger partial charge is 0.101 e. The number of rotatable bonds is 2. The Balaban J connectivity index is 2.22. The van der Waals surface area contributed by atoms with Crippen LogP contribution in [0.15, 0.2) is 24.3 Å². The molecule has 0 amide bonds. The highest BCUT2D eigenvalue weighted by Crippen LogP contribution is 2.71. The fraction of sp³-hybridized carbons (Fsp3) is 0.647. The van der Waals surface area contributed by atoms with Crippen LogP contribution in [-0.4, -0.2) is 10.2 Å². The number of aliphatic hydroxyl groups is 2. The van der Waals surface area contributed by atoms with Crippen molar-refractivity contribution < 1.29 is 10.2 Å². The van der Waals surface area contributed by atoms with Crippen molar-refractivity contribution in [3.63, 3.8) is 0 Å². The number of aliphatic hydroxyl groups excluding tert-OH is 1. The summed E-state index contributed by atoms with van der Waals surface area (Å²) in [7, 11) is 0. The zero-order chi connectivity index (χ0) is 13.9. The van der Waals surface area contributed by atoms with E-state index in [1.54, 1.807) is 0 Å². The maximum absolute atomic E-state index is 11.6. The van der Waals surface area contributed by atoms with Crippen LogP contribution in [0.25, 0.3) is 0 Å². The molecule has 104 valence electrons. The highest BCUT2D eigenvalue weighted by atomic mass is 16.3. The summed E-state index contributed by atoms with van der Waals surface area (Å²) in [5, 5.41) is 21.2. The lowest BCUT2D eigenvalue weighted by Gasteiger charge is -2.51. The molecule has 2 aliphatic carbocycles. The summed E-state index contributed by atoms with van der Waals surface area (Å²) >= 11 is 0. The van der Waals surface area contributed by atoms with E-state index < -0.39 is 5.60 Å². The summed E-state index contributed by atoms with van der Waals surface area (Å²) in [4.78, 5) is 0. The SMILES string of the molecule is CC1(C)[C@@H]2CC[C@@](C)(C2)[C@@]1(O)c1ccccc1CO. The molecule has 2 saturated carbocycles. The minimum absolute atomic E-state index is 0.00465. The van der Waals surface area contributed by atoms with Gasteiger partial charge in [0.25, 0.3) is 0 Å². The fourth-order valence-corrected chi connectivity index (χ4v) is 4.94. The van der Waals surface area contributed by atoms with Gasteiger partial charge >= 0.3 is 0 Å². The lowest BCUT2D eigenvalue weighted by atomic mass is 9.57. The number of hydrogen-bond donors (Lipinski definition) is 2. The molecule has 19 heavy (non-hydrogen) atoms. The molecule has 0 heterocycles. The van der Waals surface area contributed by atoms with Crippen LogP contribution >= 0.6 is 0 Å². The molecule has 0 spiro atoms. The van der Waals surface area contributed by atoms with Crippen molar-refractivity contribution in [3.05, 3.63) is 35.4 Å². The molecule has 0 radical (unpaired) electrons. The van der Waals surface area contributed by atoms with E-state index >= 15 is 0 Å². The van der Waals surface area contributed by atoms with Crippen molar-refractivity contribution in [2.45, 2.75) is 52.2 Å². The zero-order valence-electron chi connectivity index (χ0n) is 12.1. The van der Waals surface area contributed by atoms with Crippen molar-refractivity contribution in [2.24, 2.45) is 16.7 Å². The maximum atomic E-state index is 11.6. The number of fused-ring (bicyclic) bond motifs is 2. The third-order valence-corrected chi connectivity index (χ3v) is 6.15. The van der Waals surface area contributed by atoms with Crippen LogP contribution in [0, 0.1) is 16.7 Å². The third-order valence-electron chi connectivity index (χ3n) is 6.15. The van der Waals surface area contributed by atoms with E-state index in [0.717, 1.165) is 24.0 Å². The summed E-state index contributed by atoms with van der Waals surface area (Å²) in [5.74, 6) is 0.578. The monoisotopic (exact) mass is 260 g/mol. The Hall–Kier alpha value is -0.860. The van der Waals surface area contributed by atoms with Gasteiger partial charge in [-0.1, -0.05) is 45.0 Å². The standard InChI is InChI=1S/C17H24O2/c1-15(2)13-8-9-16(3,10-13)17(15,19)14-7-5-4-6-12(14)11-18/h4-7,13,18-19H,8-11H2,1-3H3/t13-,16+,17-/m1/s1. The van der Waals surface area contributed by atoms with Crippen LogP contribution < -0.4 is 0 Å². The second-order valence-electron chi connectivity index (χ2n) is 7.25. The Bertz CT molecular complexity index is 501. The first kappa shape index (κ1) is 13.1. The van der Waals surface area contributed by atoms with Crippen LogP contribution in [0.3, 0.4) is 0 Å². The second kappa shape index (κ2) is 3.83. The molecule has 2 N–H and O–H groups in total. The molecule has 1 aromatic carbocycles. The van der Waals surface area contributed by atoms with Gasteiger partial charge in [-0.05, 0) is 36.3 Å². The number of benzene rings is 1. The fourth-order valence-electron chi connectivity index (χ4n) is 4.94. The zero-order valence-corrected chi connectivity index (χ0v) is 12.1. The van der Waals surface area contributed by atoms with Crippen molar-refractivity contribution in [2.75, 3.05) is 0 Å². The van der Waals surface area contributed by atoms with E-state index in [-0.39, 0.29) is 17.4 Å². The van der Waals surface area contributed by atoms with Crippen LogP contribution in [0.1, 0.15) is 51.2 Å². The lowest BCUT2D eigenvalue weighted by Crippen LogP contribution is -2.51. The normalized spacial score (nSPS) is 39.7. The largest absolute Gasteiger partial charge is 0.392 e. The van der Waals surface area contributed by atoms with Gasteiger partial charge in [-0.3, -0.25) is 0 Å². The molecule has 0 aliphatic heterocycles. The van der Waals surface area contributed by atoms with Crippen LogP contribution in [0.4, 0.5) is 0 Å². The Morgan fingerprint density at radius 3 is 2.47 bits per heavy atom. The predicted octanol–water partition coefficient (Wildman–Crippen LogP) is 3.21. The first-order valence-corrected chi connectivity index (χ1v) is 7.28. The van der Waals surface area contributed by atoms with E-state index in [1.165, 1.54) is 6.42 Å². The minimum atomic E-state index is -0.831. The van der Waals surface area contributed by atoms with E-state index in [0.29, 0.717) is 5.92 Å². The topological polar surface area (TPSA) is 40.5 Å². The molecule has 0 aromatic heterocycles. The van der Waals surface area contributed by atoms with Gasteiger partial charge in [0.05, 0.1) is 6.61 Å². The van der Waals surface area contributed by atoms with E-state index in [1.807, 2.05) is 24.3 Å². The molecule has 2 nitrogen and oxygen atoms in total. The summed E-state index contributed by atoms with van der Waals surface area (Å²) in [6.07, 6.45) is 3.39. The molecular weight excluding hydrogens is 236 g/mol. The third kappa shape index (κ3) is 1.39. The Labute approximate surface area is 115 Å². The molecule has 2 fully saturated rings. The van der Waals surface area contributed by atoms with Gasteiger partial charge in [-0.2, -0.15) is 0 Å². The Kier molecular flexibility index (Phi) is 2.65. The van der Waals surface area contributed by atoms with Crippen molar-refractivity contribution in [1.29, 1.82) is 0 Å². The molecule has 3 atom stereocenters. The van der Waals surface area contributed by atoms with Gasteiger partial charge < -0.3 is 10.2 Å². The lowest BCUT2D eigenvalue weighted by molar-refractivity contribution is -0.151. The van der Waals surface area contributed by atoms with E-state index in [4.69, 9.17) is 0 Å². The number of hydrogen-bond acceptors (Lipinski definition) is 2. The van der Waals surface area contributed by atoms with Gasteiger partial charge in [0, 0.05) is 10.8 Å². The summed E-state index contributed by atoms with van der Waals surface area (Å²) in [6.45, 7) is 6.59. The van der Waals surface area contributed by atoms with Crippen LogP contribution in [-0.2, 0) is 12.2 Å². The van der Waals surface area contributed by atoms with Gasteiger partial charge in [-0.25, -0.2) is 0 Å².